The molecule has 52 heavy (non-hydrogen) atoms. The summed E-state index contributed by atoms with van der Waals surface area (Å²) in [5, 5.41) is 7.39. The molecular formula is C48H29NOS2. The van der Waals surface area contributed by atoms with Crippen LogP contribution in [0.1, 0.15) is 0 Å². The number of benzene rings is 8. The van der Waals surface area contributed by atoms with Gasteiger partial charge in [0.15, 0.2) is 5.58 Å². The number of fused-ring (bicyclic) bond motifs is 9. The summed E-state index contributed by atoms with van der Waals surface area (Å²) in [6.07, 6.45) is 0. The Balaban J connectivity index is 1.16. The fourth-order valence-corrected chi connectivity index (χ4v) is 10.2. The van der Waals surface area contributed by atoms with Crippen LogP contribution < -0.4 is 4.90 Å². The van der Waals surface area contributed by atoms with Crippen molar-refractivity contribution in [2.45, 2.75) is 0 Å². The minimum atomic E-state index is 0.871. The maximum Gasteiger partial charge on any atom is 0.159 e. The number of nitrogens with zero attached hydrogens (tertiary/aromatic N) is 1. The lowest BCUT2D eigenvalue weighted by molar-refractivity contribution is 0.670. The van der Waals surface area contributed by atoms with Crippen molar-refractivity contribution in [1.82, 2.24) is 0 Å². The highest BCUT2D eigenvalue weighted by Crippen LogP contribution is 2.49. The zero-order chi connectivity index (χ0) is 34.2. The average Bonchev–Trinajstić information content (AvgIpc) is 3.90. The van der Waals surface area contributed by atoms with Gasteiger partial charge in [-0.25, -0.2) is 0 Å². The van der Waals surface area contributed by atoms with Crippen molar-refractivity contribution in [2.75, 3.05) is 4.90 Å². The standard InChI is InChI=1S/C48H29NOS2/c1-2-12-30(13-3-1)34-18-9-19-38-39-20-10-22-41(47(39)50-46(34)38)49(42-23-11-21-40-36-17-5-7-25-44(36)52-48(40)42)33-15-8-14-31(28-33)32-26-27-37-35-16-4-6-24-43(35)51-45(37)29-32/h1-29H. The fraction of sp³-hybridized carbons (Fsp3) is 0. The van der Waals surface area contributed by atoms with Gasteiger partial charge in [0.05, 0.1) is 16.1 Å². The minimum absolute atomic E-state index is 0.871. The van der Waals surface area contributed by atoms with E-state index in [-0.39, 0.29) is 0 Å². The van der Waals surface area contributed by atoms with Crippen LogP contribution in [0.25, 0.3) is 84.5 Å². The maximum atomic E-state index is 7.02. The molecule has 0 aliphatic rings. The smallest absolute Gasteiger partial charge is 0.159 e. The molecule has 0 fully saturated rings. The molecule has 11 rings (SSSR count). The molecule has 2 nitrogen and oxygen atoms in total. The lowest BCUT2D eigenvalue weighted by atomic mass is 10.0. The maximum absolute atomic E-state index is 7.02. The zero-order valence-corrected chi connectivity index (χ0v) is 29.5. The first-order chi connectivity index (χ1) is 25.8. The summed E-state index contributed by atoms with van der Waals surface area (Å²) in [6.45, 7) is 0. The predicted molar refractivity (Wildman–Crippen MR) is 225 cm³/mol. The van der Waals surface area contributed by atoms with Gasteiger partial charge < -0.3 is 9.32 Å². The Bertz CT molecular complexity index is 3150. The van der Waals surface area contributed by atoms with E-state index in [2.05, 4.69) is 181 Å². The predicted octanol–water partition coefficient (Wildman–Crippen LogP) is 15.1. The summed E-state index contributed by atoms with van der Waals surface area (Å²) >= 11 is 3.71. The molecule has 0 spiro atoms. The van der Waals surface area contributed by atoms with Gasteiger partial charge in [-0.05, 0) is 59.2 Å². The molecule has 0 aliphatic carbocycles. The molecule has 0 saturated heterocycles. The van der Waals surface area contributed by atoms with Crippen LogP contribution in [0.3, 0.4) is 0 Å². The summed E-state index contributed by atoms with van der Waals surface area (Å²) in [5.41, 5.74) is 9.61. The van der Waals surface area contributed by atoms with Crippen molar-refractivity contribution >= 4 is 102 Å². The van der Waals surface area contributed by atoms with Crippen LogP contribution in [0.4, 0.5) is 17.1 Å². The molecule has 0 amide bonds. The van der Waals surface area contributed by atoms with Gasteiger partial charge in [-0.3, -0.25) is 0 Å². The summed E-state index contributed by atoms with van der Waals surface area (Å²) in [5.74, 6) is 0. The first-order valence-corrected chi connectivity index (χ1v) is 19.1. The van der Waals surface area contributed by atoms with E-state index in [1.54, 1.807) is 0 Å². The Morgan fingerprint density at radius 2 is 0.962 bits per heavy atom. The number of thiophene rings is 2. The molecule has 11 aromatic rings. The third kappa shape index (κ3) is 4.55. The third-order valence-electron chi connectivity index (χ3n) is 10.3. The van der Waals surface area contributed by atoms with Gasteiger partial charge >= 0.3 is 0 Å². The summed E-state index contributed by atoms with van der Waals surface area (Å²) in [6, 6.07) is 63.5. The number of furan rings is 1. The second-order valence-corrected chi connectivity index (χ2v) is 15.4. The number of rotatable bonds is 5. The molecule has 0 unspecified atom stereocenters. The van der Waals surface area contributed by atoms with Crippen molar-refractivity contribution in [3.63, 3.8) is 0 Å². The highest BCUT2D eigenvalue weighted by atomic mass is 32.1. The molecular weight excluding hydrogens is 671 g/mol. The van der Waals surface area contributed by atoms with E-state index in [0.29, 0.717) is 0 Å². The third-order valence-corrected chi connectivity index (χ3v) is 12.6. The van der Waals surface area contributed by atoms with Gasteiger partial charge in [0.1, 0.15) is 5.58 Å². The topological polar surface area (TPSA) is 16.4 Å². The largest absolute Gasteiger partial charge is 0.453 e. The van der Waals surface area contributed by atoms with E-state index in [9.17, 15) is 0 Å². The van der Waals surface area contributed by atoms with Crippen LogP contribution in [0, 0.1) is 0 Å². The van der Waals surface area contributed by atoms with Crippen molar-refractivity contribution in [1.29, 1.82) is 0 Å². The highest BCUT2D eigenvalue weighted by molar-refractivity contribution is 7.26. The summed E-state index contributed by atoms with van der Waals surface area (Å²) in [4.78, 5) is 2.41. The Kier molecular flexibility index (Phi) is 6.63. The zero-order valence-electron chi connectivity index (χ0n) is 27.9. The van der Waals surface area contributed by atoms with Gasteiger partial charge in [-0.15, -0.1) is 22.7 Å². The lowest BCUT2D eigenvalue weighted by Gasteiger charge is -2.26. The normalized spacial score (nSPS) is 11.8. The van der Waals surface area contributed by atoms with E-state index in [1.165, 1.54) is 51.5 Å². The Labute approximate surface area is 308 Å². The lowest BCUT2D eigenvalue weighted by Crippen LogP contribution is -2.10. The number of anilines is 3. The first-order valence-electron chi connectivity index (χ1n) is 17.5. The van der Waals surface area contributed by atoms with E-state index in [1.807, 2.05) is 22.7 Å². The van der Waals surface area contributed by atoms with Gasteiger partial charge in [-0.1, -0.05) is 133 Å². The summed E-state index contributed by atoms with van der Waals surface area (Å²) < 4.78 is 12.2. The van der Waals surface area contributed by atoms with Crippen molar-refractivity contribution in [2.24, 2.45) is 0 Å². The molecule has 244 valence electrons. The van der Waals surface area contributed by atoms with Gasteiger partial charge in [0.25, 0.3) is 0 Å². The molecule has 0 atom stereocenters. The summed E-state index contributed by atoms with van der Waals surface area (Å²) in [7, 11) is 0. The number of hydrogen-bond acceptors (Lipinski definition) is 4. The molecule has 0 bridgehead atoms. The van der Waals surface area contributed by atoms with E-state index in [0.717, 1.165) is 50.1 Å². The van der Waals surface area contributed by atoms with E-state index in [4.69, 9.17) is 4.42 Å². The molecule has 0 N–H and O–H groups in total. The van der Waals surface area contributed by atoms with E-state index < -0.39 is 0 Å². The molecule has 0 radical (unpaired) electrons. The van der Waals surface area contributed by atoms with Gasteiger partial charge in [-0.2, -0.15) is 0 Å². The van der Waals surface area contributed by atoms with Gasteiger partial charge in [0.2, 0.25) is 0 Å². The van der Waals surface area contributed by atoms with Crippen LogP contribution in [0.5, 0.6) is 0 Å². The van der Waals surface area contributed by atoms with Crippen LogP contribution in [-0.4, -0.2) is 0 Å². The Morgan fingerprint density at radius 1 is 0.365 bits per heavy atom. The molecule has 0 saturated carbocycles. The van der Waals surface area contributed by atoms with Crippen LogP contribution in [0.2, 0.25) is 0 Å². The van der Waals surface area contributed by atoms with Crippen molar-refractivity contribution < 1.29 is 4.42 Å². The first kappa shape index (κ1) is 29.5. The van der Waals surface area contributed by atoms with Crippen molar-refractivity contribution in [3.8, 4) is 22.3 Å². The Morgan fingerprint density at radius 3 is 1.81 bits per heavy atom. The monoisotopic (exact) mass is 699 g/mol. The molecule has 8 aromatic carbocycles. The molecule has 0 aliphatic heterocycles. The molecule has 4 heteroatoms. The average molecular weight is 700 g/mol. The molecule has 3 aromatic heterocycles. The fourth-order valence-electron chi connectivity index (χ4n) is 7.87. The van der Waals surface area contributed by atoms with Crippen molar-refractivity contribution in [3.05, 3.63) is 176 Å². The van der Waals surface area contributed by atoms with Gasteiger partial charge in [0, 0.05) is 57.7 Å². The van der Waals surface area contributed by atoms with Crippen LogP contribution in [-0.2, 0) is 0 Å². The SMILES string of the molecule is c1ccc(-c2cccc3c2oc2c(N(c4cccc(-c5ccc6c(c5)sc5ccccc56)c4)c4cccc5c4sc4ccccc45)cccc23)cc1. The quantitative estimate of drug-likeness (QED) is 0.178. The van der Waals surface area contributed by atoms with Crippen LogP contribution >= 0.6 is 22.7 Å². The number of hydrogen-bond donors (Lipinski definition) is 0. The number of para-hydroxylation sites is 2. The minimum Gasteiger partial charge on any atom is -0.453 e. The Hall–Kier alpha value is -6.20. The molecule has 3 heterocycles. The second kappa shape index (κ2) is 11.7. The second-order valence-electron chi connectivity index (χ2n) is 13.3. The highest BCUT2D eigenvalue weighted by Gasteiger charge is 2.23. The van der Waals surface area contributed by atoms with Crippen LogP contribution in [0.15, 0.2) is 180 Å². The van der Waals surface area contributed by atoms with E-state index >= 15 is 0 Å².